The Balaban J connectivity index is 1.67. The molecule has 1 aromatic rings. The molecule has 36 heavy (non-hydrogen) atoms. The van der Waals surface area contributed by atoms with Gasteiger partial charge in [0, 0.05) is 0 Å². The molecule has 0 bridgehead atoms. The molecule has 0 unspecified atom stereocenters. The van der Waals surface area contributed by atoms with Gasteiger partial charge in [0.15, 0.2) is 0 Å². The molecule has 1 saturated heterocycles. The van der Waals surface area contributed by atoms with Crippen LogP contribution < -0.4 is 10.6 Å². The van der Waals surface area contributed by atoms with Crippen LogP contribution in [0.4, 0.5) is 4.79 Å². The quantitative estimate of drug-likeness (QED) is 0.190. The molecular formula is C28H48N2O6. The number of benzene rings is 1. The predicted molar refractivity (Wildman–Crippen MR) is 140 cm³/mol. The number of amides is 1. The lowest BCUT2D eigenvalue weighted by Crippen LogP contribution is -2.67. The van der Waals surface area contributed by atoms with Crippen LogP contribution in [0.3, 0.4) is 0 Å². The molecule has 0 spiro atoms. The molecule has 5 N–H and O–H groups in total. The van der Waals surface area contributed by atoms with Crippen LogP contribution in [0.1, 0.15) is 89.5 Å². The van der Waals surface area contributed by atoms with Gasteiger partial charge in [-0.3, -0.25) is 5.32 Å². The summed E-state index contributed by atoms with van der Waals surface area (Å²) in [6.07, 6.45) is 10.1. The molecule has 0 aromatic heterocycles. The number of hydrogen-bond donors (Lipinski definition) is 5. The van der Waals surface area contributed by atoms with Gasteiger partial charge in [0.2, 0.25) is 0 Å². The highest BCUT2D eigenvalue weighted by molar-refractivity contribution is 5.67. The number of nitrogens with one attached hydrogen (secondary N) is 2. The molecule has 5 atom stereocenters. The van der Waals surface area contributed by atoms with Crippen molar-refractivity contribution in [3.8, 4) is 0 Å². The lowest BCUT2D eigenvalue weighted by atomic mass is 9.96. The highest BCUT2D eigenvalue weighted by Gasteiger charge is 2.45. The predicted octanol–water partition coefficient (Wildman–Crippen LogP) is 4.01. The standard InChI is InChI=1S/C28H48N2O6/c1-2-3-4-5-6-7-8-9-10-11-12-16-19-29-27-24(26(33)25(32)23(20-31)36-27)30-28(34)35-21-22-17-14-13-15-18-22/h13-15,17-18,23-27,29,31-33H,2-12,16,19-21H2,1H3,(H,30,34)/t23-,24+,25+,26-,27-/m1/s1. The topological polar surface area (TPSA) is 120 Å². The average molecular weight is 509 g/mol. The highest BCUT2D eigenvalue weighted by atomic mass is 16.6. The fraction of sp³-hybridized carbons (Fsp3) is 0.750. The summed E-state index contributed by atoms with van der Waals surface area (Å²) in [4.78, 5) is 12.4. The van der Waals surface area contributed by atoms with Gasteiger partial charge in [0.05, 0.1) is 6.61 Å². The third-order valence-corrected chi connectivity index (χ3v) is 6.80. The second kappa shape index (κ2) is 18.5. The monoisotopic (exact) mass is 508 g/mol. The summed E-state index contributed by atoms with van der Waals surface area (Å²) in [6.45, 7) is 2.55. The van der Waals surface area contributed by atoms with Gasteiger partial charge >= 0.3 is 6.09 Å². The summed E-state index contributed by atoms with van der Waals surface area (Å²) in [5.74, 6) is 0. The van der Waals surface area contributed by atoms with Crippen LogP contribution in [0.25, 0.3) is 0 Å². The zero-order valence-corrected chi connectivity index (χ0v) is 21.9. The third kappa shape index (κ3) is 11.6. The van der Waals surface area contributed by atoms with Crippen molar-refractivity contribution in [2.24, 2.45) is 0 Å². The molecule has 0 aliphatic carbocycles. The van der Waals surface area contributed by atoms with Crippen molar-refractivity contribution in [2.75, 3.05) is 13.2 Å². The van der Waals surface area contributed by atoms with E-state index in [-0.39, 0.29) is 6.61 Å². The molecule has 1 fully saturated rings. The molecule has 1 aromatic carbocycles. The van der Waals surface area contributed by atoms with Crippen LogP contribution >= 0.6 is 0 Å². The van der Waals surface area contributed by atoms with Crippen molar-refractivity contribution in [3.05, 3.63) is 35.9 Å². The van der Waals surface area contributed by atoms with Crippen molar-refractivity contribution in [1.29, 1.82) is 0 Å². The van der Waals surface area contributed by atoms with E-state index in [1.807, 2.05) is 30.3 Å². The maximum Gasteiger partial charge on any atom is 0.407 e. The van der Waals surface area contributed by atoms with Crippen LogP contribution in [0.2, 0.25) is 0 Å². The van der Waals surface area contributed by atoms with Gasteiger partial charge in [-0.15, -0.1) is 0 Å². The van der Waals surface area contributed by atoms with E-state index in [1.165, 1.54) is 64.2 Å². The number of carbonyl (C=O) groups is 1. The number of aliphatic hydroxyl groups excluding tert-OH is 3. The van der Waals surface area contributed by atoms with Crippen LogP contribution in [-0.2, 0) is 16.1 Å². The molecule has 1 aliphatic heterocycles. The van der Waals surface area contributed by atoms with Crippen molar-refractivity contribution in [1.82, 2.24) is 10.6 Å². The summed E-state index contributed by atoms with van der Waals surface area (Å²) >= 11 is 0. The van der Waals surface area contributed by atoms with Crippen molar-refractivity contribution >= 4 is 6.09 Å². The van der Waals surface area contributed by atoms with Crippen molar-refractivity contribution < 1.29 is 29.6 Å². The molecular weight excluding hydrogens is 460 g/mol. The van der Waals surface area contributed by atoms with E-state index in [2.05, 4.69) is 17.6 Å². The number of rotatable bonds is 18. The fourth-order valence-corrected chi connectivity index (χ4v) is 4.56. The second-order valence-corrected chi connectivity index (χ2v) is 9.83. The van der Waals surface area contributed by atoms with Crippen LogP contribution in [0.15, 0.2) is 30.3 Å². The molecule has 2 rings (SSSR count). The molecule has 0 radical (unpaired) electrons. The minimum atomic E-state index is -1.32. The normalized spacial score (nSPS) is 23.9. The molecule has 1 amide bonds. The summed E-state index contributed by atoms with van der Waals surface area (Å²) in [5, 5.41) is 36.2. The van der Waals surface area contributed by atoms with Gasteiger partial charge < -0.3 is 30.1 Å². The Morgan fingerprint density at radius 3 is 2.06 bits per heavy atom. The smallest absolute Gasteiger partial charge is 0.407 e. The lowest BCUT2D eigenvalue weighted by Gasteiger charge is -2.42. The van der Waals surface area contributed by atoms with Gasteiger partial charge in [-0.1, -0.05) is 108 Å². The largest absolute Gasteiger partial charge is 0.445 e. The second-order valence-electron chi connectivity index (χ2n) is 9.83. The van der Waals surface area contributed by atoms with E-state index in [4.69, 9.17) is 9.47 Å². The number of ether oxygens (including phenoxy) is 2. The molecule has 1 aliphatic rings. The van der Waals surface area contributed by atoms with E-state index in [1.54, 1.807) is 0 Å². The van der Waals surface area contributed by atoms with E-state index >= 15 is 0 Å². The fourth-order valence-electron chi connectivity index (χ4n) is 4.56. The highest BCUT2D eigenvalue weighted by Crippen LogP contribution is 2.20. The maximum atomic E-state index is 12.4. The zero-order chi connectivity index (χ0) is 26.0. The SMILES string of the molecule is CCCCCCCCCCCCCCN[C@@H]1O[C@H](CO)[C@H](O)[C@H](O)[C@@H]1NC(=O)OCc1ccccc1. The Hall–Kier alpha value is -1.71. The summed E-state index contributed by atoms with van der Waals surface area (Å²) in [7, 11) is 0. The van der Waals surface area contributed by atoms with E-state index < -0.39 is 43.3 Å². The maximum absolute atomic E-state index is 12.4. The van der Waals surface area contributed by atoms with Crippen molar-refractivity contribution in [2.45, 2.75) is 121 Å². The zero-order valence-electron chi connectivity index (χ0n) is 21.9. The first-order valence-corrected chi connectivity index (χ1v) is 13.9. The van der Waals surface area contributed by atoms with Gasteiger partial charge in [-0.25, -0.2) is 4.79 Å². The first kappa shape index (κ1) is 30.5. The van der Waals surface area contributed by atoms with Gasteiger partial charge in [0.1, 0.15) is 37.2 Å². The Morgan fingerprint density at radius 2 is 1.47 bits per heavy atom. The minimum absolute atomic E-state index is 0.0924. The van der Waals surface area contributed by atoms with E-state index in [0.29, 0.717) is 6.54 Å². The van der Waals surface area contributed by atoms with Crippen LogP contribution in [0.5, 0.6) is 0 Å². The number of aliphatic hydroxyl groups is 3. The first-order valence-electron chi connectivity index (χ1n) is 13.9. The molecule has 8 nitrogen and oxygen atoms in total. The summed E-state index contributed by atoms with van der Waals surface area (Å²) in [6, 6.07) is 8.38. The molecule has 1 heterocycles. The van der Waals surface area contributed by atoms with Crippen LogP contribution in [0, 0.1) is 0 Å². The number of hydrogen-bond acceptors (Lipinski definition) is 7. The summed E-state index contributed by atoms with van der Waals surface area (Å²) in [5.41, 5.74) is 0.843. The Morgan fingerprint density at radius 1 is 0.889 bits per heavy atom. The van der Waals surface area contributed by atoms with Gasteiger partial charge in [0.25, 0.3) is 0 Å². The van der Waals surface area contributed by atoms with Gasteiger partial charge in [-0.2, -0.15) is 0 Å². The number of carbonyl (C=O) groups excluding carboxylic acids is 1. The lowest BCUT2D eigenvalue weighted by molar-refractivity contribution is -0.200. The molecule has 0 saturated carbocycles. The average Bonchev–Trinajstić information content (AvgIpc) is 2.90. The minimum Gasteiger partial charge on any atom is -0.445 e. The molecule has 206 valence electrons. The van der Waals surface area contributed by atoms with Gasteiger partial charge in [-0.05, 0) is 18.5 Å². The summed E-state index contributed by atoms with van der Waals surface area (Å²) < 4.78 is 11.0. The number of alkyl carbamates (subject to hydrolysis) is 1. The van der Waals surface area contributed by atoms with E-state index in [9.17, 15) is 20.1 Å². The van der Waals surface area contributed by atoms with E-state index in [0.717, 1.165) is 18.4 Å². The Kier molecular flexibility index (Phi) is 15.7. The molecule has 8 heteroatoms. The number of unbranched alkanes of at least 4 members (excludes halogenated alkanes) is 11. The Bertz CT molecular complexity index is 692. The van der Waals surface area contributed by atoms with Crippen molar-refractivity contribution in [3.63, 3.8) is 0 Å². The third-order valence-electron chi connectivity index (χ3n) is 6.80. The first-order chi connectivity index (χ1) is 17.6. The van der Waals surface area contributed by atoms with Crippen LogP contribution in [-0.4, -0.2) is 65.1 Å². The Labute approximate surface area is 216 Å².